The molecule has 0 aromatic heterocycles. The lowest BCUT2D eigenvalue weighted by molar-refractivity contribution is -0.119. The van der Waals surface area contributed by atoms with Gasteiger partial charge in [0.25, 0.3) is 5.91 Å². The van der Waals surface area contributed by atoms with Gasteiger partial charge in [-0.05, 0) is 38.5 Å². The van der Waals surface area contributed by atoms with Crippen molar-refractivity contribution in [1.82, 2.24) is 0 Å². The Labute approximate surface area is 117 Å². The summed E-state index contributed by atoms with van der Waals surface area (Å²) >= 11 is 5.97. The maximum absolute atomic E-state index is 12.0. The van der Waals surface area contributed by atoms with Crippen molar-refractivity contribution >= 4 is 29.0 Å². The van der Waals surface area contributed by atoms with Crippen molar-refractivity contribution in [3.05, 3.63) is 40.6 Å². The number of halogens is 1. The van der Waals surface area contributed by atoms with E-state index in [2.05, 4.69) is 5.32 Å². The van der Waals surface area contributed by atoms with Crippen molar-refractivity contribution in [2.75, 3.05) is 11.9 Å². The van der Waals surface area contributed by atoms with Crippen LogP contribution < -0.4 is 5.32 Å². The molecule has 0 atom stereocenters. The first-order chi connectivity index (χ1) is 8.97. The first-order valence-corrected chi connectivity index (χ1v) is 6.24. The van der Waals surface area contributed by atoms with Gasteiger partial charge in [-0.2, -0.15) is 0 Å². The molecule has 102 valence electrons. The van der Waals surface area contributed by atoms with Gasteiger partial charge in [-0.15, -0.1) is 0 Å². The molecule has 0 fully saturated rings. The molecule has 1 amide bonds. The summed E-state index contributed by atoms with van der Waals surface area (Å²) in [7, 11) is 0. The predicted molar refractivity (Wildman–Crippen MR) is 75.2 cm³/mol. The van der Waals surface area contributed by atoms with E-state index in [1.54, 1.807) is 32.0 Å². The zero-order valence-electron chi connectivity index (χ0n) is 11.1. The van der Waals surface area contributed by atoms with E-state index in [0.717, 1.165) is 5.56 Å². The third-order valence-electron chi connectivity index (χ3n) is 2.51. The second-order valence-corrected chi connectivity index (χ2v) is 4.32. The minimum Gasteiger partial charge on any atom is -0.501 e. The molecule has 0 spiro atoms. The van der Waals surface area contributed by atoms with Crippen LogP contribution in [0.2, 0.25) is 5.02 Å². The van der Waals surface area contributed by atoms with Crippen LogP contribution in [0.15, 0.2) is 30.0 Å². The summed E-state index contributed by atoms with van der Waals surface area (Å²) in [6, 6.07) is 5.18. The van der Waals surface area contributed by atoms with E-state index in [1.165, 1.54) is 13.2 Å². The van der Waals surface area contributed by atoms with Gasteiger partial charge in [0.05, 0.1) is 12.9 Å². The molecule has 0 bridgehead atoms. The summed E-state index contributed by atoms with van der Waals surface area (Å²) in [5.41, 5.74) is 1.29. The van der Waals surface area contributed by atoms with E-state index in [9.17, 15) is 9.59 Å². The Morgan fingerprint density at radius 2 is 2.11 bits per heavy atom. The van der Waals surface area contributed by atoms with Gasteiger partial charge in [0.15, 0.2) is 5.78 Å². The second-order valence-electron chi connectivity index (χ2n) is 3.91. The molecule has 0 aliphatic heterocycles. The predicted octanol–water partition coefficient (Wildman–Crippen LogP) is 3.10. The lowest BCUT2D eigenvalue weighted by Gasteiger charge is -2.10. The van der Waals surface area contributed by atoms with Crippen molar-refractivity contribution in [1.29, 1.82) is 0 Å². The third kappa shape index (κ3) is 4.10. The number of amides is 1. The average Bonchev–Trinajstić information content (AvgIpc) is 2.35. The highest BCUT2D eigenvalue weighted by Crippen LogP contribution is 2.23. The number of carbonyl (C=O) groups is 2. The monoisotopic (exact) mass is 281 g/mol. The van der Waals surface area contributed by atoms with Crippen molar-refractivity contribution < 1.29 is 14.3 Å². The van der Waals surface area contributed by atoms with Gasteiger partial charge in [0.2, 0.25) is 0 Å². The van der Waals surface area contributed by atoms with Gasteiger partial charge in [-0.3, -0.25) is 9.59 Å². The van der Waals surface area contributed by atoms with Crippen LogP contribution in [0.3, 0.4) is 0 Å². The number of ketones is 1. The average molecular weight is 282 g/mol. The number of hydrogen-bond acceptors (Lipinski definition) is 3. The minimum absolute atomic E-state index is 0.0266. The first kappa shape index (κ1) is 15.2. The van der Waals surface area contributed by atoms with Crippen LogP contribution in [0, 0.1) is 6.92 Å². The summed E-state index contributed by atoms with van der Waals surface area (Å²) in [6.45, 7) is 5.26. The smallest absolute Gasteiger partial charge is 0.262 e. The first-order valence-electron chi connectivity index (χ1n) is 5.86. The zero-order chi connectivity index (χ0) is 14.4. The topological polar surface area (TPSA) is 55.4 Å². The van der Waals surface area contributed by atoms with Crippen LogP contribution in [-0.4, -0.2) is 18.3 Å². The summed E-state index contributed by atoms with van der Waals surface area (Å²) in [5, 5.41) is 3.20. The molecule has 0 radical (unpaired) electrons. The van der Waals surface area contributed by atoms with E-state index in [-0.39, 0.29) is 11.4 Å². The zero-order valence-corrected chi connectivity index (χ0v) is 11.9. The number of benzene rings is 1. The fourth-order valence-corrected chi connectivity index (χ4v) is 1.57. The number of nitrogens with one attached hydrogen (secondary N) is 1. The lowest BCUT2D eigenvalue weighted by Crippen LogP contribution is -2.20. The quantitative estimate of drug-likeness (QED) is 0.390. The van der Waals surface area contributed by atoms with Crippen LogP contribution in [0.1, 0.15) is 19.4 Å². The third-order valence-corrected chi connectivity index (χ3v) is 2.92. The van der Waals surface area contributed by atoms with Crippen molar-refractivity contribution in [3.63, 3.8) is 0 Å². The van der Waals surface area contributed by atoms with Crippen molar-refractivity contribution in [2.24, 2.45) is 0 Å². The van der Waals surface area contributed by atoms with E-state index in [0.29, 0.717) is 17.3 Å². The molecule has 0 heterocycles. The second kappa shape index (κ2) is 6.95. The van der Waals surface area contributed by atoms with Crippen LogP contribution in [-0.2, 0) is 14.3 Å². The van der Waals surface area contributed by atoms with E-state index < -0.39 is 5.91 Å². The fourth-order valence-electron chi connectivity index (χ4n) is 1.40. The molecule has 5 heteroatoms. The molecular weight excluding hydrogens is 266 g/mol. The largest absolute Gasteiger partial charge is 0.501 e. The molecule has 0 aliphatic rings. The van der Waals surface area contributed by atoms with Crippen LogP contribution in [0.5, 0.6) is 0 Å². The van der Waals surface area contributed by atoms with Crippen molar-refractivity contribution in [2.45, 2.75) is 20.8 Å². The van der Waals surface area contributed by atoms with Gasteiger partial charge in [-0.25, -0.2) is 0 Å². The number of ether oxygens (including phenoxy) is 1. The lowest BCUT2D eigenvalue weighted by atomic mass is 10.1. The van der Waals surface area contributed by atoms with E-state index >= 15 is 0 Å². The molecule has 1 aromatic rings. The van der Waals surface area contributed by atoms with Crippen LogP contribution >= 0.6 is 11.6 Å². The summed E-state index contributed by atoms with van der Waals surface area (Å²) in [6.07, 6.45) is 1.18. The van der Waals surface area contributed by atoms with E-state index in [4.69, 9.17) is 16.3 Å². The molecular formula is C14H16ClNO3. The Morgan fingerprint density at radius 3 is 2.68 bits per heavy atom. The van der Waals surface area contributed by atoms with Gasteiger partial charge in [0, 0.05) is 10.7 Å². The number of rotatable bonds is 5. The molecule has 0 unspecified atom stereocenters. The maximum atomic E-state index is 12.0. The Bertz CT molecular complexity index is 523. The summed E-state index contributed by atoms with van der Waals surface area (Å²) in [5.74, 6) is -0.864. The molecule has 19 heavy (non-hydrogen) atoms. The highest BCUT2D eigenvalue weighted by atomic mass is 35.5. The Hall–Kier alpha value is -1.81. The fraction of sp³-hybridized carbons (Fsp3) is 0.286. The van der Waals surface area contributed by atoms with Crippen molar-refractivity contribution in [3.8, 4) is 0 Å². The standard InChI is InChI=1S/C14H16ClNO3/c1-4-19-8-11(10(3)17)14(18)16-13-7-5-6-12(15)9(13)2/h5-8H,4H2,1-3H3,(H,16,18). The van der Waals surface area contributed by atoms with Crippen LogP contribution in [0.4, 0.5) is 5.69 Å². The number of carbonyl (C=O) groups excluding carboxylic acids is 2. The highest BCUT2D eigenvalue weighted by Gasteiger charge is 2.16. The van der Waals surface area contributed by atoms with E-state index in [1.807, 2.05) is 0 Å². The van der Waals surface area contributed by atoms with Gasteiger partial charge in [0.1, 0.15) is 5.57 Å². The number of Topliss-reactive ketones (excluding diaryl/α,β-unsaturated/α-hetero) is 1. The molecule has 1 aromatic carbocycles. The Kier molecular flexibility index (Phi) is 5.57. The Balaban J connectivity index is 2.94. The summed E-state index contributed by atoms with van der Waals surface area (Å²) < 4.78 is 5.00. The normalized spacial score (nSPS) is 11.1. The van der Waals surface area contributed by atoms with Gasteiger partial charge < -0.3 is 10.1 Å². The molecule has 0 aliphatic carbocycles. The molecule has 0 saturated carbocycles. The molecule has 1 N–H and O–H groups in total. The Morgan fingerprint density at radius 1 is 1.42 bits per heavy atom. The highest BCUT2D eigenvalue weighted by molar-refractivity contribution is 6.32. The van der Waals surface area contributed by atoms with Gasteiger partial charge >= 0.3 is 0 Å². The number of hydrogen-bond donors (Lipinski definition) is 1. The summed E-state index contributed by atoms with van der Waals surface area (Å²) in [4.78, 5) is 23.4. The molecule has 1 rings (SSSR count). The number of anilines is 1. The minimum atomic E-state index is -0.508. The maximum Gasteiger partial charge on any atom is 0.262 e. The van der Waals surface area contributed by atoms with Crippen LogP contribution in [0.25, 0.3) is 0 Å². The van der Waals surface area contributed by atoms with Gasteiger partial charge in [-0.1, -0.05) is 17.7 Å². The molecule has 4 nitrogen and oxygen atoms in total. The molecule has 0 saturated heterocycles. The SMILES string of the molecule is CCOC=C(C(C)=O)C(=O)Nc1cccc(Cl)c1C.